The van der Waals surface area contributed by atoms with E-state index < -0.39 is 11.4 Å². The second-order valence-electron chi connectivity index (χ2n) is 5.78. The van der Waals surface area contributed by atoms with Gasteiger partial charge in [-0.15, -0.1) is 0 Å². The van der Waals surface area contributed by atoms with Crippen LogP contribution in [0, 0.1) is 5.41 Å². The number of allylic oxidation sites excluding steroid dienone is 1. The lowest BCUT2D eigenvalue weighted by atomic mass is 9.98. The van der Waals surface area contributed by atoms with E-state index in [1.165, 1.54) is 29.5 Å². The second-order valence-corrected chi connectivity index (χ2v) is 8.47. The van der Waals surface area contributed by atoms with Gasteiger partial charge in [0.2, 0.25) is 0 Å². The lowest BCUT2D eigenvalue weighted by Gasteiger charge is -2.15. The molecular formula is C15H18BrNOS. The average Bonchev–Trinajstić information content (AvgIpc) is 3.05. The van der Waals surface area contributed by atoms with Gasteiger partial charge in [0.1, 0.15) is 5.25 Å². The summed E-state index contributed by atoms with van der Waals surface area (Å²) in [5.41, 5.74) is 4.42. The van der Waals surface area contributed by atoms with E-state index in [0.29, 0.717) is 5.41 Å². The first-order chi connectivity index (χ1) is 9.02. The molecule has 0 aliphatic heterocycles. The van der Waals surface area contributed by atoms with Crippen molar-refractivity contribution in [2.75, 3.05) is 0 Å². The molecule has 102 valence electrons. The van der Waals surface area contributed by atoms with Gasteiger partial charge in [-0.05, 0) is 61.9 Å². The highest BCUT2D eigenvalue weighted by Crippen LogP contribution is 2.62. The van der Waals surface area contributed by atoms with Crippen molar-refractivity contribution in [2.45, 2.75) is 38.4 Å². The molecule has 1 spiro atoms. The number of rotatable bonds is 3. The highest BCUT2D eigenvalue weighted by molar-refractivity contribution is 9.10. The topological polar surface area (TPSA) is 35.1 Å². The van der Waals surface area contributed by atoms with Crippen molar-refractivity contribution in [2.24, 2.45) is 5.41 Å². The Bertz CT molecular complexity index is 537. The molecule has 0 aromatic heterocycles. The smallest absolute Gasteiger partial charge is 0.135 e. The third-order valence-electron chi connectivity index (χ3n) is 4.06. The van der Waals surface area contributed by atoms with Crippen LogP contribution in [-0.4, -0.2) is 9.80 Å². The second kappa shape index (κ2) is 4.83. The van der Waals surface area contributed by atoms with E-state index in [9.17, 15) is 4.55 Å². The summed E-state index contributed by atoms with van der Waals surface area (Å²) >= 11 is 2.55. The number of hydrogen-bond acceptors (Lipinski definition) is 2. The Morgan fingerprint density at radius 1 is 1.42 bits per heavy atom. The van der Waals surface area contributed by atoms with E-state index >= 15 is 0 Å². The first kappa shape index (κ1) is 13.5. The number of hydrogen-bond donors (Lipinski definition) is 1. The molecule has 0 bridgehead atoms. The van der Waals surface area contributed by atoms with Crippen molar-refractivity contribution in [3.8, 4) is 0 Å². The maximum atomic E-state index is 11.9. The maximum absolute atomic E-state index is 11.9. The van der Waals surface area contributed by atoms with Crippen LogP contribution < -0.4 is 4.72 Å². The molecule has 1 N–H and O–H groups in total. The monoisotopic (exact) mass is 339 g/mol. The Balaban J connectivity index is 1.92. The van der Waals surface area contributed by atoms with E-state index in [1.54, 1.807) is 0 Å². The van der Waals surface area contributed by atoms with Gasteiger partial charge in [0.15, 0.2) is 0 Å². The summed E-state index contributed by atoms with van der Waals surface area (Å²) in [4.78, 5) is 0. The van der Waals surface area contributed by atoms with Gasteiger partial charge in [-0.3, -0.25) is 0 Å². The minimum absolute atomic E-state index is 0.135. The Hall–Kier alpha value is -0.450. The Morgan fingerprint density at radius 2 is 2.16 bits per heavy atom. The number of benzene rings is 1. The van der Waals surface area contributed by atoms with Gasteiger partial charge in [-0.1, -0.05) is 22.0 Å². The summed E-state index contributed by atoms with van der Waals surface area (Å²) in [6.07, 6.45) is 5.64. The van der Waals surface area contributed by atoms with Gasteiger partial charge in [-0.25, -0.2) is 4.72 Å². The fraction of sp³-hybridized carbons (Fsp3) is 0.467. The molecule has 3 rings (SSSR count). The van der Waals surface area contributed by atoms with Gasteiger partial charge >= 0.3 is 0 Å². The molecule has 19 heavy (non-hydrogen) atoms. The molecule has 2 aliphatic rings. The Labute approximate surface area is 126 Å². The minimum atomic E-state index is -0.993. The summed E-state index contributed by atoms with van der Waals surface area (Å²) in [7, 11) is 0. The third kappa shape index (κ3) is 2.46. The lowest BCUT2D eigenvalue weighted by molar-refractivity contribution is 0.580. The van der Waals surface area contributed by atoms with Crippen LogP contribution in [0.4, 0.5) is 0 Å². The summed E-state index contributed by atoms with van der Waals surface area (Å²) < 4.78 is 16.0. The molecule has 2 aliphatic carbocycles. The minimum Gasteiger partial charge on any atom is -0.593 e. The van der Waals surface area contributed by atoms with Crippen LogP contribution in [0.1, 0.15) is 37.8 Å². The highest BCUT2D eigenvalue weighted by Gasteiger charge is 2.51. The number of halogens is 1. The molecule has 1 fully saturated rings. The van der Waals surface area contributed by atoms with Crippen molar-refractivity contribution in [3.05, 3.63) is 40.0 Å². The van der Waals surface area contributed by atoms with Crippen molar-refractivity contribution in [1.82, 2.24) is 4.72 Å². The standard InChI is InChI=1S/C15H18BrNOS/c1-10(2)19(18)17-9-14-13-7-12(16)4-3-11(13)8-15(14)5-6-15/h3-4,7,9-10,17H,5-6,8H2,1-2H3. The molecule has 0 heterocycles. The largest absolute Gasteiger partial charge is 0.593 e. The summed E-state index contributed by atoms with van der Waals surface area (Å²) in [5, 5.41) is 0.135. The first-order valence-electron chi connectivity index (χ1n) is 6.68. The van der Waals surface area contributed by atoms with Crippen LogP contribution >= 0.6 is 15.9 Å². The van der Waals surface area contributed by atoms with E-state index in [1.807, 2.05) is 20.0 Å². The van der Waals surface area contributed by atoms with E-state index in [4.69, 9.17) is 0 Å². The van der Waals surface area contributed by atoms with Gasteiger partial charge in [0.05, 0.1) is 11.4 Å². The number of fused-ring (bicyclic) bond motifs is 1. The van der Waals surface area contributed by atoms with Gasteiger partial charge in [0, 0.05) is 16.1 Å². The zero-order valence-electron chi connectivity index (χ0n) is 11.2. The number of nitrogens with one attached hydrogen (secondary N) is 1. The molecule has 1 atom stereocenters. The molecule has 0 amide bonds. The predicted molar refractivity (Wildman–Crippen MR) is 83.9 cm³/mol. The predicted octanol–water partition coefficient (Wildman–Crippen LogP) is 3.79. The lowest BCUT2D eigenvalue weighted by Crippen LogP contribution is -2.27. The molecule has 1 aromatic rings. The van der Waals surface area contributed by atoms with Crippen LogP contribution in [0.2, 0.25) is 0 Å². The molecule has 1 aromatic carbocycles. The molecule has 1 saturated carbocycles. The van der Waals surface area contributed by atoms with Crippen LogP contribution in [0.5, 0.6) is 0 Å². The fourth-order valence-corrected chi connectivity index (χ4v) is 3.65. The zero-order valence-corrected chi connectivity index (χ0v) is 13.6. The van der Waals surface area contributed by atoms with Gasteiger partial charge < -0.3 is 4.55 Å². The van der Waals surface area contributed by atoms with Crippen molar-refractivity contribution >= 4 is 32.9 Å². The Kier molecular flexibility index (Phi) is 3.44. The summed E-state index contributed by atoms with van der Waals surface area (Å²) in [6.45, 7) is 3.93. The molecule has 0 radical (unpaired) electrons. The van der Waals surface area contributed by atoms with Crippen LogP contribution in [-0.2, 0) is 17.8 Å². The molecule has 0 saturated heterocycles. The molecule has 1 unspecified atom stereocenters. The zero-order chi connectivity index (χ0) is 13.6. The average molecular weight is 340 g/mol. The van der Waals surface area contributed by atoms with Crippen LogP contribution in [0.25, 0.3) is 5.57 Å². The molecule has 4 heteroatoms. The van der Waals surface area contributed by atoms with Gasteiger partial charge in [-0.2, -0.15) is 0 Å². The van der Waals surface area contributed by atoms with Gasteiger partial charge in [0.25, 0.3) is 0 Å². The van der Waals surface area contributed by atoms with E-state index in [2.05, 4.69) is 38.9 Å². The SMILES string of the molecule is CC(C)[S+]([O-])NC=C1c2cc(Br)ccc2CC12CC2. The Morgan fingerprint density at radius 3 is 2.79 bits per heavy atom. The third-order valence-corrected chi connectivity index (χ3v) is 5.76. The van der Waals surface area contributed by atoms with Crippen LogP contribution in [0.15, 0.2) is 28.9 Å². The highest BCUT2D eigenvalue weighted by atomic mass is 79.9. The molecule has 2 nitrogen and oxygen atoms in total. The first-order valence-corrected chi connectivity index (χ1v) is 8.69. The van der Waals surface area contributed by atoms with E-state index in [0.717, 1.165) is 10.9 Å². The van der Waals surface area contributed by atoms with E-state index in [-0.39, 0.29) is 5.25 Å². The van der Waals surface area contributed by atoms with Crippen molar-refractivity contribution < 1.29 is 4.55 Å². The maximum Gasteiger partial charge on any atom is 0.135 e. The van der Waals surface area contributed by atoms with Crippen molar-refractivity contribution in [1.29, 1.82) is 0 Å². The quantitative estimate of drug-likeness (QED) is 0.850. The molecular weight excluding hydrogens is 322 g/mol. The summed E-state index contributed by atoms with van der Waals surface area (Å²) in [6, 6.07) is 6.51. The van der Waals surface area contributed by atoms with Crippen LogP contribution in [0.3, 0.4) is 0 Å². The fourth-order valence-electron chi connectivity index (χ4n) is 2.78. The van der Waals surface area contributed by atoms with Crippen molar-refractivity contribution in [3.63, 3.8) is 0 Å². The normalized spacial score (nSPS) is 22.9. The summed E-state index contributed by atoms with van der Waals surface area (Å²) in [5.74, 6) is 0.